The van der Waals surface area contributed by atoms with E-state index in [0.29, 0.717) is 17.9 Å². The van der Waals surface area contributed by atoms with Gasteiger partial charge in [-0.2, -0.15) is 0 Å². The Bertz CT molecular complexity index is 1000. The lowest BCUT2D eigenvalue weighted by atomic mass is 10.2. The fraction of sp³-hybridized carbons (Fsp3) is 0.286. The average Bonchev–Trinajstić information content (AvgIpc) is 2.67. The van der Waals surface area contributed by atoms with Gasteiger partial charge >= 0.3 is 0 Å². The Morgan fingerprint density at radius 1 is 0.963 bits per heavy atom. The molecule has 0 aliphatic rings. The molecule has 0 aliphatic heterocycles. The second-order valence-electron chi connectivity index (χ2n) is 6.41. The minimum absolute atomic E-state index is 0.113. The van der Waals surface area contributed by atoms with E-state index in [2.05, 4.69) is 9.71 Å². The smallest absolute Gasteiger partial charge is 0.232 e. The van der Waals surface area contributed by atoms with Crippen molar-refractivity contribution in [3.8, 4) is 5.75 Å². The molecule has 2 aromatic carbocycles. The van der Waals surface area contributed by atoms with Crippen LogP contribution < -0.4 is 9.46 Å². The van der Waals surface area contributed by atoms with Gasteiger partial charge < -0.3 is 4.74 Å². The van der Waals surface area contributed by atoms with E-state index < -0.39 is 10.0 Å². The van der Waals surface area contributed by atoms with Crippen molar-refractivity contribution in [1.29, 1.82) is 0 Å². The van der Waals surface area contributed by atoms with E-state index in [1.54, 1.807) is 18.2 Å². The first-order valence-corrected chi connectivity index (χ1v) is 10.8. The first kappa shape index (κ1) is 19.2. The summed E-state index contributed by atoms with van der Waals surface area (Å²) in [6, 6.07) is 18.9. The molecule has 0 fully saturated rings. The molecule has 0 unspecified atom stereocenters. The van der Waals surface area contributed by atoms with Crippen LogP contribution in [-0.2, 0) is 16.6 Å². The van der Waals surface area contributed by atoms with Crippen LogP contribution in [0.15, 0.2) is 60.7 Å². The number of nitrogens with zero attached hydrogens (tertiary/aromatic N) is 1. The highest BCUT2D eigenvalue weighted by atomic mass is 32.2. The van der Waals surface area contributed by atoms with Crippen LogP contribution >= 0.6 is 0 Å². The van der Waals surface area contributed by atoms with Gasteiger partial charge in [0.1, 0.15) is 12.4 Å². The number of fused-ring (bicyclic) bond motifs is 1. The van der Waals surface area contributed by atoms with E-state index in [9.17, 15) is 8.42 Å². The number of unbranched alkanes of at least 4 members (excludes halogenated alkanes) is 2. The van der Waals surface area contributed by atoms with Crippen LogP contribution in [0.25, 0.3) is 10.9 Å². The predicted molar refractivity (Wildman–Crippen MR) is 109 cm³/mol. The topological polar surface area (TPSA) is 68.3 Å². The maximum absolute atomic E-state index is 12.3. The van der Waals surface area contributed by atoms with Gasteiger partial charge in [-0.3, -0.25) is 4.72 Å². The molecule has 0 atom stereocenters. The lowest BCUT2D eigenvalue weighted by Gasteiger charge is -2.13. The van der Waals surface area contributed by atoms with Crippen LogP contribution in [0.2, 0.25) is 0 Å². The molecule has 1 heterocycles. The molecule has 0 amide bonds. The van der Waals surface area contributed by atoms with E-state index in [1.165, 1.54) is 0 Å². The number of hydrogen-bond acceptors (Lipinski definition) is 4. The largest absolute Gasteiger partial charge is 0.485 e. The Morgan fingerprint density at radius 2 is 1.74 bits per heavy atom. The number of benzene rings is 2. The van der Waals surface area contributed by atoms with E-state index in [0.717, 1.165) is 29.4 Å². The van der Waals surface area contributed by atoms with E-state index in [1.807, 2.05) is 49.4 Å². The van der Waals surface area contributed by atoms with Crippen molar-refractivity contribution in [2.24, 2.45) is 0 Å². The summed E-state index contributed by atoms with van der Waals surface area (Å²) in [6.07, 6.45) is 2.52. The lowest BCUT2D eigenvalue weighted by Crippen LogP contribution is -2.17. The molecule has 6 heteroatoms. The summed E-state index contributed by atoms with van der Waals surface area (Å²) in [6.45, 7) is 2.31. The highest BCUT2D eigenvalue weighted by Gasteiger charge is 2.13. The zero-order valence-electron chi connectivity index (χ0n) is 15.4. The fourth-order valence-electron chi connectivity index (χ4n) is 2.78. The van der Waals surface area contributed by atoms with Crippen LogP contribution in [0, 0.1) is 0 Å². The van der Waals surface area contributed by atoms with Crippen molar-refractivity contribution in [2.45, 2.75) is 32.8 Å². The molecule has 142 valence electrons. The molecule has 0 saturated carbocycles. The number of ether oxygens (including phenoxy) is 1. The summed E-state index contributed by atoms with van der Waals surface area (Å²) in [5, 5.41) is 1.07. The van der Waals surface area contributed by atoms with Gasteiger partial charge in [0.15, 0.2) is 0 Å². The van der Waals surface area contributed by atoms with E-state index in [-0.39, 0.29) is 12.4 Å². The van der Waals surface area contributed by atoms with Gasteiger partial charge in [-0.05, 0) is 30.7 Å². The number of rotatable bonds is 9. The molecule has 1 aromatic heterocycles. The molecule has 0 aliphatic carbocycles. The van der Waals surface area contributed by atoms with Gasteiger partial charge in [-0.1, -0.05) is 56.2 Å². The minimum atomic E-state index is -3.39. The Labute approximate surface area is 160 Å². The summed E-state index contributed by atoms with van der Waals surface area (Å²) < 4.78 is 33.0. The number of hydrogen-bond donors (Lipinski definition) is 1. The zero-order valence-corrected chi connectivity index (χ0v) is 16.2. The minimum Gasteiger partial charge on any atom is -0.485 e. The molecule has 0 spiro atoms. The highest BCUT2D eigenvalue weighted by Crippen LogP contribution is 2.26. The SMILES string of the molecule is CCCCCS(=O)(=O)Nc1ccccc1OCc1ccc2ccccc2n1. The number of para-hydroxylation sites is 3. The van der Waals surface area contributed by atoms with E-state index in [4.69, 9.17) is 4.74 Å². The van der Waals surface area contributed by atoms with Gasteiger partial charge in [-0.25, -0.2) is 13.4 Å². The van der Waals surface area contributed by atoms with Crippen molar-refractivity contribution in [3.05, 3.63) is 66.4 Å². The third-order valence-corrected chi connectivity index (χ3v) is 5.56. The molecule has 27 heavy (non-hydrogen) atoms. The molecule has 3 aromatic rings. The monoisotopic (exact) mass is 384 g/mol. The molecule has 5 nitrogen and oxygen atoms in total. The number of sulfonamides is 1. The maximum Gasteiger partial charge on any atom is 0.232 e. The van der Waals surface area contributed by atoms with Crippen molar-refractivity contribution in [2.75, 3.05) is 10.5 Å². The predicted octanol–water partition coefficient (Wildman–Crippen LogP) is 4.75. The maximum atomic E-state index is 12.3. The molecule has 0 radical (unpaired) electrons. The fourth-order valence-corrected chi connectivity index (χ4v) is 3.97. The van der Waals surface area contributed by atoms with Crippen molar-refractivity contribution < 1.29 is 13.2 Å². The third kappa shape index (κ3) is 5.44. The summed E-state index contributed by atoms with van der Waals surface area (Å²) in [5.74, 6) is 0.605. The van der Waals surface area contributed by atoms with Crippen molar-refractivity contribution in [3.63, 3.8) is 0 Å². The van der Waals surface area contributed by atoms with Gasteiger partial charge in [0.2, 0.25) is 10.0 Å². The number of nitrogens with one attached hydrogen (secondary N) is 1. The van der Waals surface area contributed by atoms with Gasteiger partial charge in [0.05, 0.1) is 22.7 Å². The van der Waals surface area contributed by atoms with Crippen LogP contribution in [0.3, 0.4) is 0 Å². The zero-order chi connectivity index (χ0) is 19.1. The quantitative estimate of drug-likeness (QED) is 0.541. The second kappa shape index (κ2) is 8.86. The van der Waals surface area contributed by atoms with Gasteiger partial charge in [0, 0.05) is 5.39 Å². The van der Waals surface area contributed by atoms with E-state index >= 15 is 0 Å². The lowest BCUT2D eigenvalue weighted by molar-refractivity contribution is 0.303. The van der Waals surface area contributed by atoms with Crippen LogP contribution in [0.4, 0.5) is 5.69 Å². The summed E-state index contributed by atoms with van der Waals surface area (Å²) >= 11 is 0. The number of aromatic nitrogens is 1. The standard InChI is InChI=1S/C21H24N2O3S/c1-2-3-8-15-27(24,25)23-20-11-6-7-12-21(20)26-16-18-14-13-17-9-4-5-10-19(17)22-18/h4-7,9-14,23H,2-3,8,15-16H2,1H3. The molecular weight excluding hydrogens is 360 g/mol. The first-order chi connectivity index (χ1) is 13.1. The Morgan fingerprint density at radius 3 is 2.59 bits per heavy atom. The molecule has 0 saturated heterocycles. The van der Waals surface area contributed by atoms with Crippen LogP contribution in [0.1, 0.15) is 31.9 Å². The summed E-state index contributed by atoms with van der Waals surface area (Å²) in [5.41, 5.74) is 2.15. The Kier molecular flexibility index (Phi) is 6.29. The average molecular weight is 385 g/mol. The summed E-state index contributed by atoms with van der Waals surface area (Å²) in [7, 11) is -3.39. The van der Waals surface area contributed by atoms with Crippen molar-refractivity contribution in [1.82, 2.24) is 4.98 Å². The van der Waals surface area contributed by atoms with Crippen LogP contribution in [0.5, 0.6) is 5.75 Å². The molecule has 3 rings (SSSR count). The number of anilines is 1. The molecule has 0 bridgehead atoms. The Hall–Kier alpha value is -2.60. The molecular formula is C21H24N2O3S. The summed E-state index contributed by atoms with van der Waals surface area (Å²) in [4.78, 5) is 4.58. The Balaban J connectivity index is 1.70. The second-order valence-corrected chi connectivity index (χ2v) is 8.25. The van der Waals surface area contributed by atoms with Gasteiger partial charge in [0.25, 0.3) is 0 Å². The normalized spacial score (nSPS) is 11.4. The molecule has 1 N–H and O–H groups in total. The number of pyridine rings is 1. The highest BCUT2D eigenvalue weighted by molar-refractivity contribution is 7.92. The first-order valence-electron chi connectivity index (χ1n) is 9.14. The van der Waals surface area contributed by atoms with Crippen LogP contribution in [-0.4, -0.2) is 19.2 Å². The third-order valence-electron chi connectivity index (χ3n) is 4.20. The van der Waals surface area contributed by atoms with Gasteiger partial charge in [-0.15, -0.1) is 0 Å². The van der Waals surface area contributed by atoms with Crippen molar-refractivity contribution >= 4 is 26.6 Å².